The second-order valence-electron chi connectivity index (χ2n) is 6.36. The summed E-state index contributed by atoms with van der Waals surface area (Å²) >= 11 is 1.74. The molecule has 0 bridgehead atoms. The van der Waals surface area contributed by atoms with Crippen LogP contribution in [0.5, 0.6) is 0 Å². The molecule has 0 N–H and O–H groups in total. The lowest BCUT2D eigenvalue weighted by atomic mass is 10.1. The standard InChI is InChI=1S/C14H24O5S/c1-6-20-12-11-10(18-14(4,5)19-11)9-8(7-15-12)16-13(2,3)17-9/h8-12H,6-7H2,1-5H3/t8-,9-,10+,11-,12+/m1/s1. The highest BCUT2D eigenvalue weighted by molar-refractivity contribution is 7.99. The van der Waals surface area contributed by atoms with E-state index in [-0.39, 0.29) is 29.9 Å². The summed E-state index contributed by atoms with van der Waals surface area (Å²) in [5.74, 6) is -0.229. The maximum Gasteiger partial charge on any atom is 0.164 e. The van der Waals surface area contributed by atoms with Gasteiger partial charge in [-0.2, -0.15) is 0 Å². The highest BCUT2D eigenvalue weighted by Gasteiger charge is 2.57. The minimum absolute atomic E-state index is 0.0345. The molecule has 20 heavy (non-hydrogen) atoms. The first-order valence-corrected chi connectivity index (χ1v) is 8.31. The predicted octanol–water partition coefficient (Wildman–Crippen LogP) is 2.14. The van der Waals surface area contributed by atoms with Gasteiger partial charge in [-0.05, 0) is 33.4 Å². The Morgan fingerprint density at radius 1 is 0.900 bits per heavy atom. The molecule has 3 saturated heterocycles. The first-order valence-electron chi connectivity index (χ1n) is 7.26. The third-order valence-corrected chi connectivity index (χ3v) is 4.80. The van der Waals surface area contributed by atoms with Crippen LogP contribution in [0.2, 0.25) is 0 Å². The van der Waals surface area contributed by atoms with Crippen LogP contribution in [0.4, 0.5) is 0 Å². The van der Waals surface area contributed by atoms with Gasteiger partial charge in [0.2, 0.25) is 0 Å². The Hall–Kier alpha value is 0.150. The molecule has 0 spiro atoms. The monoisotopic (exact) mass is 304 g/mol. The fourth-order valence-corrected chi connectivity index (χ4v) is 4.05. The summed E-state index contributed by atoms with van der Waals surface area (Å²) in [4.78, 5) is 0. The van der Waals surface area contributed by atoms with Crippen LogP contribution in [-0.4, -0.2) is 53.8 Å². The zero-order valence-corrected chi connectivity index (χ0v) is 13.6. The molecule has 3 fully saturated rings. The molecule has 3 rings (SSSR count). The topological polar surface area (TPSA) is 46.2 Å². The van der Waals surface area contributed by atoms with E-state index in [1.165, 1.54) is 0 Å². The summed E-state index contributed by atoms with van der Waals surface area (Å²) in [6.07, 6.45) is -0.512. The summed E-state index contributed by atoms with van der Waals surface area (Å²) < 4.78 is 30.2. The molecule has 0 radical (unpaired) electrons. The van der Waals surface area contributed by atoms with E-state index < -0.39 is 11.6 Å². The van der Waals surface area contributed by atoms with Gasteiger partial charge in [-0.15, -0.1) is 11.8 Å². The van der Waals surface area contributed by atoms with Gasteiger partial charge >= 0.3 is 0 Å². The van der Waals surface area contributed by atoms with Crippen molar-refractivity contribution in [3.05, 3.63) is 0 Å². The van der Waals surface area contributed by atoms with Crippen LogP contribution in [0.1, 0.15) is 34.6 Å². The zero-order valence-electron chi connectivity index (χ0n) is 12.8. The van der Waals surface area contributed by atoms with Crippen LogP contribution in [0.3, 0.4) is 0 Å². The highest BCUT2D eigenvalue weighted by atomic mass is 32.2. The van der Waals surface area contributed by atoms with Crippen molar-refractivity contribution in [3.63, 3.8) is 0 Å². The number of hydrogen-bond donors (Lipinski definition) is 0. The zero-order chi connectivity index (χ0) is 14.5. The summed E-state index contributed by atoms with van der Waals surface area (Å²) in [7, 11) is 0. The van der Waals surface area contributed by atoms with Gasteiger partial charge in [0.1, 0.15) is 29.9 Å². The molecule has 0 aromatic heterocycles. The first kappa shape index (κ1) is 15.1. The quantitative estimate of drug-likeness (QED) is 0.779. The molecule has 5 atom stereocenters. The van der Waals surface area contributed by atoms with Gasteiger partial charge in [0.05, 0.1) is 6.61 Å². The Bertz CT molecular complexity index is 373. The molecule has 0 aliphatic carbocycles. The third-order valence-electron chi connectivity index (χ3n) is 3.73. The maximum absolute atomic E-state index is 6.10. The van der Waals surface area contributed by atoms with E-state index >= 15 is 0 Å². The lowest BCUT2D eigenvalue weighted by molar-refractivity contribution is -0.175. The third kappa shape index (κ3) is 2.74. The molecule has 116 valence electrons. The van der Waals surface area contributed by atoms with Crippen molar-refractivity contribution < 1.29 is 23.7 Å². The SMILES string of the molecule is CCS[C@@H]1OC[C@H]2OC(C)(C)O[C@H]2[C@@H]2OC(C)(C)O[C@H]21. The van der Waals surface area contributed by atoms with Gasteiger partial charge in [0.15, 0.2) is 11.6 Å². The molecule has 0 unspecified atom stereocenters. The maximum atomic E-state index is 6.10. The first-order chi connectivity index (χ1) is 9.31. The number of hydrogen-bond acceptors (Lipinski definition) is 6. The van der Waals surface area contributed by atoms with E-state index in [2.05, 4.69) is 6.92 Å². The van der Waals surface area contributed by atoms with Crippen molar-refractivity contribution in [2.75, 3.05) is 12.4 Å². The van der Waals surface area contributed by atoms with Crippen molar-refractivity contribution in [2.45, 2.75) is 76.0 Å². The van der Waals surface area contributed by atoms with Crippen molar-refractivity contribution >= 4 is 11.8 Å². The largest absolute Gasteiger partial charge is 0.362 e. The molecule has 0 amide bonds. The Labute approximate surface area is 124 Å². The van der Waals surface area contributed by atoms with Crippen LogP contribution >= 0.6 is 11.8 Å². The molecule has 0 aromatic rings. The minimum atomic E-state index is -0.608. The normalized spacial score (nSPS) is 45.8. The number of ether oxygens (including phenoxy) is 5. The summed E-state index contributed by atoms with van der Waals surface area (Å²) in [6.45, 7) is 10.4. The Kier molecular flexibility index (Phi) is 3.85. The smallest absolute Gasteiger partial charge is 0.164 e. The van der Waals surface area contributed by atoms with Crippen LogP contribution < -0.4 is 0 Å². The molecule has 3 heterocycles. The van der Waals surface area contributed by atoms with Crippen molar-refractivity contribution in [3.8, 4) is 0 Å². The molecule has 0 saturated carbocycles. The highest BCUT2D eigenvalue weighted by Crippen LogP contribution is 2.43. The lowest BCUT2D eigenvalue weighted by Gasteiger charge is -2.26. The van der Waals surface area contributed by atoms with Crippen LogP contribution in [0.15, 0.2) is 0 Å². The van der Waals surface area contributed by atoms with Gasteiger partial charge in [-0.3, -0.25) is 0 Å². The molecule has 5 nitrogen and oxygen atoms in total. The number of thioether (sulfide) groups is 1. The van der Waals surface area contributed by atoms with Crippen molar-refractivity contribution in [1.82, 2.24) is 0 Å². The average molecular weight is 304 g/mol. The summed E-state index contributed by atoms with van der Waals surface area (Å²) in [5.41, 5.74) is -0.0345. The van der Waals surface area contributed by atoms with Gasteiger partial charge in [0, 0.05) is 0 Å². The Morgan fingerprint density at radius 3 is 2.20 bits per heavy atom. The minimum Gasteiger partial charge on any atom is -0.362 e. The Morgan fingerprint density at radius 2 is 1.50 bits per heavy atom. The predicted molar refractivity (Wildman–Crippen MR) is 75.5 cm³/mol. The number of rotatable bonds is 2. The van der Waals surface area contributed by atoms with Crippen LogP contribution in [0.25, 0.3) is 0 Å². The van der Waals surface area contributed by atoms with Crippen LogP contribution in [-0.2, 0) is 23.7 Å². The second-order valence-corrected chi connectivity index (χ2v) is 7.74. The van der Waals surface area contributed by atoms with E-state index in [1.807, 2.05) is 27.7 Å². The van der Waals surface area contributed by atoms with Gasteiger partial charge in [-0.25, -0.2) is 0 Å². The number of fused-ring (bicyclic) bond motifs is 3. The summed E-state index contributed by atoms with van der Waals surface area (Å²) in [6, 6.07) is 0. The van der Waals surface area contributed by atoms with E-state index in [0.29, 0.717) is 6.61 Å². The molecule has 3 aliphatic rings. The van der Waals surface area contributed by atoms with Crippen molar-refractivity contribution in [2.24, 2.45) is 0 Å². The van der Waals surface area contributed by atoms with Gasteiger partial charge in [0.25, 0.3) is 0 Å². The van der Waals surface area contributed by atoms with Gasteiger partial charge in [-0.1, -0.05) is 6.92 Å². The van der Waals surface area contributed by atoms with E-state index in [9.17, 15) is 0 Å². The molecular weight excluding hydrogens is 280 g/mol. The van der Waals surface area contributed by atoms with Gasteiger partial charge < -0.3 is 23.7 Å². The summed E-state index contributed by atoms with van der Waals surface area (Å²) in [5, 5.41) is 0. The molecular formula is C14H24O5S. The van der Waals surface area contributed by atoms with Crippen LogP contribution in [0, 0.1) is 0 Å². The fraction of sp³-hybridized carbons (Fsp3) is 1.00. The van der Waals surface area contributed by atoms with E-state index in [4.69, 9.17) is 23.7 Å². The van der Waals surface area contributed by atoms with Crippen molar-refractivity contribution in [1.29, 1.82) is 0 Å². The molecule has 3 aliphatic heterocycles. The molecule has 0 aromatic carbocycles. The van der Waals surface area contributed by atoms with E-state index in [0.717, 1.165) is 5.75 Å². The Balaban J connectivity index is 1.85. The average Bonchev–Trinajstić information content (AvgIpc) is 2.77. The fourth-order valence-electron chi connectivity index (χ4n) is 3.14. The molecule has 6 heteroatoms. The lowest BCUT2D eigenvalue weighted by Crippen LogP contribution is -2.43. The second kappa shape index (κ2) is 5.11. The van der Waals surface area contributed by atoms with E-state index in [1.54, 1.807) is 11.8 Å².